The smallest absolute Gasteiger partial charge is 0.227 e. The summed E-state index contributed by atoms with van der Waals surface area (Å²) in [7, 11) is 3.90. The third kappa shape index (κ3) is 3.78. The second-order valence-electron chi connectivity index (χ2n) is 7.37. The molecule has 0 bridgehead atoms. The van der Waals surface area contributed by atoms with Crippen molar-refractivity contribution in [3.05, 3.63) is 52.8 Å². The van der Waals surface area contributed by atoms with Crippen molar-refractivity contribution >= 4 is 5.91 Å². The van der Waals surface area contributed by atoms with Gasteiger partial charge in [-0.1, -0.05) is 30.3 Å². The number of aryl methyl sites for hydroxylation is 2. The average Bonchev–Trinajstić information content (AvgIpc) is 2.88. The highest BCUT2D eigenvalue weighted by atomic mass is 16.2. The topological polar surface area (TPSA) is 38.1 Å². The van der Waals surface area contributed by atoms with E-state index in [0.717, 1.165) is 42.6 Å². The molecule has 1 saturated carbocycles. The predicted octanol–water partition coefficient (Wildman–Crippen LogP) is 3.76. The van der Waals surface area contributed by atoms with E-state index in [1.54, 1.807) is 0 Å². The second kappa shape index (κ2) is 7.42. The lowest BCUT2D eigenvalue weighted by Crippen LogP contribution is -2.40. The van der Waals surface area contributed by atoms with Crippen LogP contribution in [0.15, 0.2) is 30.3 Å². The first-order valence-electron chi connectivity index (χ1n) is 9.27. The molecular formula is C21H29N3O. The molecule has 1 aromatic carbocycles. The van der Waals surface area contributed by atoms with Crippen molar-refractivity contribution in [3.8, 4) is 0 Å². The molecule has 0 spiro atoms. The van der Waals surface area contributed by atoms with Crippen LogP contribution in [0.25, 0.3) is 0 Å². The Hall–Kier alpha value is -2.10. The number of hydrogen-bond donors (Lipinski definition) is 0. The summed E-state index contributed by atoms with van der Waals surface area (Å²) in [5.74, 6) is 0.853. The molecule has 3 rings (SSSR count). The Morgan fingerprint density at radius 1 is 1.16 bits per heavy atom. The number of hydrogen-bond acceptors (Lipinski definition) is 2. The van der Waals surface area contributed by atoms with Crippen molar-refractivity contribution in [3.63, 3.8) is 0 Å². The molecule has 1 heterocycles. The van der Waals surface area contributed by atoms with Gasteiger partial charge in [-0.05, 0) is 51.0 Å². The zero-order valence-corrected chi connectivity index (χ0v) is 15.8. The van der Waals surface area contributed by atoms with E-state index in [-0.39, 0.29) is 5.91 Å². The molecule has 1 fully saturated rings. The van der Waals surface area contributed by atoms with Gasteiger partial charge in [0.05, 0.1) is 12.1 Å². The fraction of sp³-hybridized carbons (Fsp3) is 0.524. The zero-order chi connectivity index (χ0) is 18.0. The molecule has 134 valence electrons. The Morgan fingerprint density at radius 2 is 1.80 bits per heavy atom. The van der Waals surface area contributed by atoms with Crippen molar-refractivity contribution in [2.75, 3.05) is 7.05 Å². The fourth-order valence-electron chi connectivity index (χ4n) is 4.07. The van der Waals surface area contributed by atoms with E-state index < -0.39 is 0 Å². The first-order chi connectivity index (χ1) is 12.0. The summed E-state index contributed by atoms with van der Waals surface area (Å²) in [6, 6.07) is 11.1. The average molecular weight is 339 g/mol. The van der Waals surface area contributed by atoms with Crippen molar-refractivity contribution in [1.82, 2.24) is 14.7 Å². The van der Waals surface area contributed by atoms with E-state index in [1.165, 1.54) is 5.56 Å². The third-order valence-corrected chi connectivity index (χ3v) is 5.90. The molecule has 0 N–H and O–H groups in total. The number of amides is 1. The Morgan fingerprint density at radius 3 is 2.36 bits per heavy atom. The number of likely N-dealkylation sites (N-methyl/N-ethyl adjacent to an activating group) is 1. The molecule has 4 nitrogen and oxygen atoms in total. The summed E-state index contributed by atoms with van der Waals surface area (Å²) in [6.07, 6.45) is 4.97. The maximum atomic E-state index is 12.8. The van der Waals surface area contributed by atoms with Crippen molar-refractivity contribution in [1.29, 1.82) is 0 Å². The van der Waals surface area contributed by atoms with Gasteiger partial charge in [0.2, 0.25) is 5.91 Å². The maximum absolute atomic E-state index is 12.8. The number of nitrogens with zero attached hydrogens (tertiary/aromatic N) is 3. The van der Waals surface area contributed by atoms with Gasteiger partial charge in [0.25, 0.3) is 0 Å². The summed E-state index contributed by atoms with van der Waals surface area (Å²) >= 11 is 0. The van der Waals surface area contributed by atoms with E-state index in [2.05, 4.69) is 35.4 Å². The number of aromatic nitrogens is 2. The van der Waals surface area contributed by atoms with Crippen LogP contribution in [0, 0.1) is 13.8 Å². The first kappa shape index (κ1) is 17.7. The van der Waals surface area contributed by atoms with Gasteiger partial charge in [0.1, 0.15) is 0 Å². The minimum absolute atomic E-state index is 0.211. The molecule has 0 unspecified atom stereocenters. The van der Waals surface area contributed by atoms with E-state index in [9.17, 15) is 4.79 Å². The van der Waals surface area contributed by atoms with Crippen LogP contribution in [0.4, 0.5) is 0 Å². The molecule has 4 heteroatoms. The van der Waals surface area contributed by atoms with E-state index >= 15 is 0 Å². The van der Waals surface area contributed by atoms with Gasteiger partial charge < -0.3 is 4.90 Å². The monoisotopic (exact) mass is 339 g/mol. The van der Waals surface area contributed by atoms with Gasteiger partial charge >= 0.3 is 0 Å². The quantitative estimate of drug-likeness (QED) is 0.850. The number of benzene rings is 1. The van der Waals surface area contributed by atoms with Crippen LogP contribution < -0.4 is 0 Å². The van der Waals surface area contributed by atoms with Gasteiger partial charge in [0, 0.05) is 31.4 Å². The van der Waals surface area contributed by atoms with Gasteiger partial charge in [0.15, 0.2) is 0 Å². The van der Waals surface area contributed by atoms with E-state index in [4.69, 9.17) is 0 Å². The van der Waals surface area contributed by atoms with Crippen molar-refractivity contribution in [2.24, 2.45) is 7.05 Å². The van der Waals surface area contributed by atoms with Crippen LogP contribution >= 0.6 is 0 Å². The Labute approximate surface area is 150 Å². The summed E-state index contributed by atoms with van der Waals surface area (Å²) in [5, 5.41) is 4.42. The van der Waals surface area contributed by atoms with Crippen LogP contribution in [-0.2, 0) is 18.3 Å². The highest BCUT2D eigenvalue weighted by Crippen LogP contribution is 2.34. The second-order valence-corrected chi connectivity index (χ2v) is 7.37. The van der Waals surface area contributed by atoms with Gasteiger partial charge in [-0.3, -0.25) is 9.48 Å². The molecule has 25 heavy (non-hydrogen) atoms. The number of carbonyl (C=O) groups is 1. The van der Waals surface area contributed by atoms with Crippen LogP contribution in [-0.4, -0.2) is 33.7 Å². The van der Waals surface area contributed by atoms with Crippen LogP contribution in [0.1, 0.15) is 54.1 Å². The molecule has 1 aromatic heterocycles. The lowest BCUT2D eigenvalue weighted by molar-refractivity contribution is -0.131. The summed E-state index contributed by atoms with van der Waals surface area (Å²) in [4.78, 5) is 14.7. The van der Waals surface area contributed by atoms with E-state index in [0.29, 0.717) is 18.4 Å². The predicted molar refractivity (Wildman–Crippen MR) is 101 cm³/mol. The Bertz CT molecular complexity index is 727. The number of carbonyl (C=O) groups excluding carboxylic acids is 1. The van der Waals surface area contributed by atoms with Crippen LogP contribution in [0.2, 0.25) is 0 Å². The Balaban J connectivity index is 1.58. The van der Waals surface area contributed by atoms with Crippen LogP contribution in [0.3, 0.4) is 0 Å². The highest BCUT2D eigenvalue weighted by molar-refractivity contribution is 5.79. The van der Waals surface area contributed by atoms with Crippen LogP contribution in [0.5, 0.6) is 0 Å². The highest BCUT2D eigenvalue weighted by Gasteiger charge is 2.28. The molecule has 2 aromatic rings. The molecule has 1 amide bonds. The molecule has 0 atom stereocenters. The van der Waals surface area contributed by atoms with E-state index in [1.807, 2.05) is 37.5 Å². The fourth-order valence-corrected chi connectivity index (χ4v) is 4.07. The molecule has 0 saturated heterocycles. The Kier molecular flexibility index (Phi) is 5.26. The molecule has 0 radical (unpaired) electrons. The lowest BCUT2D eigenvalue weighted by atomic mass is 9.81. The lowest BCUT2D eigenvalue weighted by Gasteiger charge is -2.35. The summed E-state index contributed by atoms with van der Waals surface area (Å²) < 4.78 is 1.86. The minimum Gasteiger partial charge on any atom is -0.342 e. The normalized spacial score (nSPS) is 20.5. The van der Waals surface area contributed by atoms with Gasteiger partial charge in [-0.25, -0.2) is 0 Å². The van der Waals surface area contributed by atoms with Crippen molar-refractivity contribution in [2.45, 2.75) is 57.9 Å². The summed E-state index contributed by atoms with van der Waals surface area (Å²) in [6.45, 7) is 4.02. The minimum atomic E-state index is 0.211. The molecule has 1 aliphatic rings. The largest absolute Gasteiger partial charge is 0.342 e. The van der Waals surface area contributed by atoms with Crippen molar-refractivity contribution < 1.29 is 4.79 Å². The summed E-state index contributed by atoms with van der Waals surface area (Å²) in [5.41, 5.74) is 4.58. The zero-order valence-electron chi connectivity index (χ0n) is 15.8. The molecular weight excluding hydrogens is 310 g/mol. The van der Waals surface area contributed by atoms with Gasteiger partial charge in [-0.15, -0.1) is 0 Å². The standard InChI is InChI=1S/C21H29N3O/c1-15-20(16(2)24(4)22-15)14-21(25)23(3)19-12-10-18(11-13-19)17-8-6-5-7-9-17/h5-9,18-19H,10-14H2,1-4H3. The third-order valence-electron chi connectivity index (χ3n) is 5.90. The maximum Gasteiger partial charge on any atom is 0.227 e. The van der Waals surface area contributed by atoms with Gasteiger partial charge in [-0.2, -0.15) is 5.10 Å². The number of rotatable bonds is 4. The first-order valence-corrected chi connectivity index (χ1v) is 9.27. The SMILES string of the molecule is Cc1nn(C)c(C)c1CC(=O)N(C)C1CCC(c2ccccc2)CC1. The molecule has 1 aliphatic carbocycles. The molecule has 0 aliphatic heterocycles.